The molecule has 2 N–H and O–H groups in total. The standard InChI is InChI=1S/C12H12N6O/c19-12-16-15-11-4-3-10(17-18(11)12)14-7-5-9-2-1-6-13-8-9/h1-4,6,8H,5,7H2,(H,14,17)(H,16,19). The van der Waals surface area contributed by atoms with Gasteiger partial charge in [-0.05, 0) is 30.2 Å². The second-order valence-corrected chi connectivity index (χ2v) is 4.06. The average molecular weight is 256 g/mol. The molecule has 3 rings (SSSR count). The third-order valence-corrected chi connectivity index (χ3v) is 2.72. The Bertz CT molecular complexity index is 733. The van der Waals surface area contributed by atoms with Crippen LogP contribution in [0, 0.1) is 0 Å². The Balaban J connectivity index is 1.68. The van der Waals surface area contributed by atoms with Gasteiger partial charge in [0.05, 0.1) is 0 Å². The minimum Gasteiger partial charge on any atom is -0.368 e. The number of rotatable bonds is 4. The average Bonchev–Trinajstić information content (AvgIpc) is 2.82. The second-order valence-electron chi connectivity index (χ2n) is 4.06. The zero-order valence-corrected chi connectivity index (χ0v) is 10.1. The van der Waals surface area contributed by atoms with Gasteiger partial charge >= 0.3 is 5.69 Å². The van der Waals surface area contributed by atoms with Gasteiger partial charge < -0.3 is 5.32 Å². The number of fused-ring (bicyclic) bond motifs is 1. The number of anilines is 1. The summed E-state index contributed by atoms with van der Waals surface area (Å²) in [7, 11) is 0. The van der Waals surface area contributed by atoms with Gasteiger partial charge in [0.2, 0.25) is 0 Å². The number of H-pyrrole nitrogens is 1. The highest BCUT2D eigenvalue weighted by atomic mass is 16.2. The molecule has 0 fully saturated rings. The van der Waals surface area contributed by atoms with Crippen molar-refractivity contribution in [3.05, 3.63) is 52.7 Å². The zero-order valence-electron chi connectivity index (χ0n) is 10.1. The van der Waals surface area contributed by atoms with Crippen LogP contribution in [0.15, 0.2) is 41.5 Å². The Hall–Kier alpha value is -2.70. The highest BCUT2D eigenvalue weighted by Crippen LogP contribution is 2.03. The summed E-state index contributed by atoms with van der Waals surface area (Å²) in [4.78, 5) is 15.4. The molecule has 3 aromatic rings. The summed E-state index contributed by atoms with van der Waals surface area (Å²) in [6.45, 7) is 0.719. The van der Waals surface area contributed by atoms with Gasteiger partial charge in [-0.15, -0.1) is 5.10 Å². The summed E-state index contributed by atoms with van der Waals surface area (Å²) in [5.41, 5.74) is 1.31. The van der Waals surface area contributed by atoms with E-state index in [0.29, 0.717) is 11.5 Å². The minimum absolute atomic E-state index is 0.342. The van der Waals surface area contributed by atoms with Gasteiger partial charge in [0, 0.05) is 18.9 Å². The lowest BCUT2D eigenvalue weighted by Gasteiger charge is -2.04. The maximum atomic E-state index is 11.4. The van der Waals surface area contributed by atoms with Crippen LogP contribution in [0.25, 0.3) is 5.65 Å². The van der Waals surface area contributed by atoms with E-state index in [9.17, 15) is 4.79 Å². The maximum Gasteiger partial charge on any atom is 0.364 e. The molecular weight excluding hydrogens is 244 g/mol. The van der Waals surface area contributed by atoms with Gasteiger partial charge in [0.15, 0.2) is 5.65 Å². The molecule has 0 radical (unpaired) electrons. The molecular formula is C12H12N6O. The number of nitrogens with one attached hydrogen (secondary N) is 2. The summed E-state index contributed by atoms with van der Waals surface area (Å²) in [6.07, 6.45) is 4.42. The number of hydrogen-bond donors (Lipinski definition) is 2. The molecule has 19 heavy (non-hydrogen) atoms. The Kier molecular flexibility index (Phi) is 2.93. The van der Waals surface area contributed by atoms with Crippen molar-refractivity contribution in [1.82, 2.24) is 24.8 Å². The lowest BCUT2D eigenvalue weighted by molar-refractivity contribution is 0.871. The third kappa shape index (κ3) is 2.44. The summed E-state index contributed by atoms with van der Waals surface area (Å²) in [5.74, 6) is 0.639. The van der Waals surface area contributed by atoms with E-state index >= 15 is 0 Å². The van der Waals surface area contributed by atoms with Gasteiger partial charge in [-0.25, -0.2) is 9.89 Å². The molecule has 0 spiro atoms. The van der Waals surface area contributed by atoms with Crippen LogP contribution in [0.3, 0.4) is 0 Å². The molecule has 0 saturated carbocycles. The van der Waals surface area contributed by atoms with Crippen molar-refractivity contribution in [3.63, 3.8) is 0 Å². The predicted molar refractivity (Wildman–Crippen MR) is 70.0 cm³/mol. The summed E-state index contributed by atoms with van der Waals surface area (Å²) >= 11 is 0. The molecule has 0 bridgehead atoms. The van der Waals surface area contributed by atoms with Crippen LogP contribution in [-0.2, 0) is 6.42 Å². The molecule has 0 unspecified atom stereocenters. The van der Waals surface area contributed by atoms with E-state index in [4.69, 9.17) is 0 Å². The molecule has 0 atom stereocenters. The first-order chi connectivity index (χ1) is 9.33. The first-order valence-corrected chi connectivity index (χ1v) is 5.90. The molecule has 0 aromatic carbocycles. The maximum absolute atomic E-state index is 11.4. The molecule has 7 nitrogen and oxygen atoms in total. The molecule has 96 valence electrons. The lowest BCUT2D eigenvalue weighted by Crippen LogP contribution is -2.14. The molecule has 0 aliphatic rings. The van der Waals surface area contributed by atoms with E-state index in [2.05, 4.69) is 25.6 Å². The smallest absolute Gasteiger partial charge is 0.364 e. The van der Waals surface area contributed by atoms with Crippen molar-refractivity contribution >= 4 is 11.5 Å². The van der Waals surface area contributed by atoms with Crippen LogP contribution in [0.5, 0.6) is 0 Å². The first kappa shape index (κ1) is 11.4. The van der Waals surface area contributed by atoms with Crippen molar-refractivity contribution in [3.8, 4) is 0 Å². The van der Waals surface area contributed by atoms with Crippen molar-refractivity contribution in [2.24, 2.45) is 0 Å². The fourth-order valence-corrected chi connectivity index (χ4v) is 1.78. The topological polar surface area (TPSA) is 88.0 Å². The van der Waals surface area contributed by atoms with Crippen LogP contribution in [-0.4, -0.2) is 31.3 Å². The fourth-order valence-electron chi connectivity index (χ4n) is 1.78. The lowest BCUT2D eigenvalue weighted by atomic mass is 10.2. The van der Waals surface area contributed by atoms with Crippen LogP contribution in [0.1, 0.15) is 5.56 Å². The number of aromatic amines is 1. The van der Waals surface area contributed by atoms with Gasteiger partial charge in [-0.1, -0.05) is 6.07 Å². The van der Waals surface area contributed by atoms with E-state index in [1.165, 1.54) is 4.52 Å². The quantitative estimate of drug-likeness (QED) is 0.708. The SMILES string of the molecule is O=c1[nH]nc2ccc(NCCc3cccnc3)nn12. The highest BCUT2D eigenvalue weighted by molar-refractivity contribution is 5.42. The monoisotopic (exact) mass is 256 g/mol. The van der Waals surface area contributed by atoms with Gasteiger partial charge in [-0.3, -0.25) is 4.98 Å². The highest BCUT2D eigenvalue weighted by Gasteiger charge is 2.02. The Labute approximate surface area is 108 Å². The van der Waals surface area contributed by atoms with Gasteiger partial charge in [-0.2, -0.15) is 9.61 Å². The largest absolute Gasteiger partial charge is 0.368 e. The number of nitrogens with zero attached hydrogens (tertiary/aromatic N) is 4. The van der Waals surface area contributed by atoms with Crippen LogP contribution >= 0.6 is 0 Å². The van der Waals surface area contributed by atoms with E-state index < -0.39 is 0 Å². The van der Waals surface area contributed by atoms with Crippen molar-refractivity contribution in [2.45, 2.75) is 6.42 Å². The third-order valence-electron chi connectivity index (χ3n) is 2.72. The van der Waals surface area contributed by atoms with Crippen LogP contribution < -0.4 is 11.0 Å². The molecule has 3 heterocycles. The molecule has 7 heteroatoms. The molecule has 0 saturated heterocycles. The fraction of sp³-hybridized carbons (Fsp3) is 0.167. The van der Waals surface area contributed by atoms with E-state index in [1.54, 1.807) is 18.3 Å². The number of pyridine rings is 1. The summed E-state index contributed by atoms with van der Waals surface area (Å²) < 4.78 is 1.23. The van der Waals surface area contributed by atoms with E-state index in [-0.39, 0.29) is 5.69 Å². The zero-order chi connectivity index (χ0) is 13.1. The van der Waals surface area contributed by atoms with Crippen molar-refractivity contribution in [2.75, 3.05) is 11.9 Å². The van der Waals surface area contributed by atoms with Crippen LogP contribution in [0.2, 0.25) is 0 Å². The molecule has 0 amide bonds. The number of hydrogen-bond acceptors (Lipinski definition) is 5. The Morgan fingerprint density at radius 2 is 2.26 bits per heavy atom. The number of aromatic nitrogens is 5. The summed E-state index contributed by atoms with van der Waals surface area (Å²) in [6, 6.07) is 7.45. The minimum atomic E-state index is -0.342. The second kappa shape index (κ2) is 4.89. The molecule has 0 aliphatic carbocycles. The first-order valence-electron chi connectivity index (χ1n) is 5.90. The Morgan fingerprint density at radius 3 is 3.11 bits per heavy atom. The van der Waals surface area contributed by atoms with Gasteiger partial charge in [0.1, 0.15) is 5.82 Å². The van der Waals surface area contributed by atoms with Crippen molar-refractivity contribution < 1.29 is 0 Å². The predicted octanol–water partition coefficient (Wildman–Crippen LogP) is 0.467. The molecule has 3 aromatic heterocycles. The van der Waals surface area contributed by atoms with Crippen molar-refractivity contribution in [1.29, 1.82) is 0 Å². The van der Waals surface area contributed by atoms with E-state index in [1.807, 2.05) is 18.3 Å². The van der Waals surface area contributed by atoms with Gasteiger partial charge in [0.25, 0.3) is 0 Å². The Morgan fingerprint density at radius 1 is 1.32 bits per heavy atom. The summed E-state index contributed by atoms with van der Waals surface area (Å²) in [5, 5.41) is 13.5. The normalized spacial score (nSPS) is 10.7. The van der Waals surface area contributed by atoms with Crippen LogP contribution in [0.4, 0.5) is 5.82 Å². The van der Waals surface area contributed by atoms with E-state index in [0.717, 1.165) is 18.5 Å². The molecule has 0 aliphatic heterocycles.